The van der Waals surface area contributed by atoms with Gasteiger partial charge >= 0.3 is 0 Å². The standard InChI is InChI=1S/C14H21BrN4O/c1-3-16-13-12(8-10(15)9-17-13)14(20)18-11-4-6-19(2)7-5-11/h8-9,11H,3-7H2,1-2H3,(H,16,17)(H,18,20). The molecule has 0 aromatic carbocycles. The van der Waals surface area contributed by atoms with Crippen LogP contribution in [0.4, 0.5) is 5.82 Å². The van der Waals surface area contributed by atoms with Crippen LogP contribution in [0.1, 0.15) is 30.1 Å². The average Bonchev–Trinajstić information content (AvgIpc) is 2.43. The van der Waals surface area contributed by atoms with Gasteiger partial charge in [-0.2, -0.15) is 0 Å². The van der Waals surface area contributed by atoms with Gasteiger partial charge in [0.25, 0.3) is 5.91 Å². The second-order valence-electron chi connectivity index (χ2n) is 5.13. The molecule has 0 aliphatic carbocycles. The smallest absolute Gasteiger partial charge is 0.255 e. The molecule has 2 rings (SSSR count). The first-order valence-corrected chi connectivity index (χ1v) is 7.78. The molecule has 1 aliphatic heterocycles. The van der Waals surface area contributed by atoms with Gasteiger partial charge in [0.15, 0.2) is 0 Å². The molecule has 0 atom stereocenters. The Morgan fingerprint density at radius 3 is 2.85 bits per heavy atom. The molecule has 6 heteroatoms. The fourth-order valence-corrected chi connectivity index (χ4v) is 2.67. The van der Waals surface area contributed by atoms with E-state index in [1.165, 1.54) is 0 Å². The number of carbonyl (C=O) groups excluding carboxylic acids is 1. The van der Waals surface area contributed by atoms with E-state index in [4.69, 9.17) is 0 Å². The third-order valence-electron chi connectivity index (χ3n) is 3.50. The van der Waals surface area contributed by atoms with Crippen LogP contribution < -0.4 is 10.6 Å². The number of amides is 1. The Hall–Kier alpha value is -1.14. The van der Waals surface area contributed by atoms with Gasteiger partial charge in [0.05, 0.1) is 5.56 Å². The van der Waals surface area contributed by atoms with Crippen LogP contribution in [0.2, 0.25) is 0 Å². The molecule has 5 nitrogen and oxygen atoms in total. The number of likely N-dealkylation sites (tertiary alicyclic amines) is 1. The van der Waals surface area contributed by atoms with E-state index < -0.39 is 0 Å². The fraction of sp³-hybridized carbons (Fsp3) is 0.571. The van der Waals surface area contributed by atoms with Crippen molar-refractivity contribution in [2.75, 3.05) is 32.0 Å². The predicted molar refractivity (Wildman–Crippen MR) is 84.1 cm³/mol. The van der Waals surface area contributed by atoms with Crippen LogP contribution >= 0.6 is 15.9 Å². The van der Waals surface area contributed by atoms with E-state index in [2.05, 4.69) is 43.5 Å². The number of hydrogen-bond acceptors (Lipinski definition) is 4. The van der Waals surface area contributed by atoms with Gasteiger partial charge in [0, 0.05) is 23.3 Å². The third-order valence-corrected chi connectivity index (χ3v) is 3.93. The van der Waals surface area contributed by atoms with E-state index in [1.54, 1.807) is 6.20 Å². The minimum atomic E-state index is -0.0516. The van der Waals surface area contributed by atoms with Crippen molar-refractivity contribution in [2.24, 2.45) is 0 Å². The number of nitrogens with zero attached hydrogens (tertiary/aromatic N) is 2. The highest BCUT2D eigenvalue weighted by Crippen LogP contribution is 2.19. The lowest BCUT2D eigenvalue weighted by atomic mass is 10.1. The second kappa shape index (κ2) is 7.04. The summed E-state index contributed by atoms with van der Waals surface area (Å²) >= 11 is 3.37. The highest BCUT2D eigenvalue weighted by Gasteiger charge is 2.21. The molecule has 1 fully saturated rings. The largest absolute Gasteiger partial charge is 0.370 e. The summed E-state index contributed by atoms with van der Waals surface area (Å²) in [6.07, 6.45) is 3.70. The summed E-state index contributed by atoms with van der Waals surface area (Å²) < 4.78 is 0.813. The maximum Gasteiger partial charge on any atom is 0.255 e. The van der Waals surface area contributed by atoms with Gasteiger partial charge in [-0.25, -0.2) is 4.98 Å². The third kappa shape index (κ3) is 3.93. The van der Waals surface area contributed by atoms with Crippen molar-refractivity contribution < 1.29 is 4.79 Å². The molecule has 1 saturated heterocycles. The van der Waals surface area contributed by atoms with Crippen LogP contribution in [0, 0.1) is 0 Å². The summed E-state index contributed by atoms with van der Waals surface area (Å²) in [5.41, 5.74) is 0.597. The van der Waals surface area contributed by atoms with Gasteiger partial charge in [-0.3, -0.25) is 4.79 Å². The molecule has 0 bridgehead atoms. The van der Waals surface area contributed by atoms with E-state index >= 15 is 0 Å². The number of halogens is 1. The number of nitrogens with one attached hydrogen (secondary N) is 2. The lowest BCUT2D eigenvalue weighted by molar-refractivity contribution is 0.0917. The minimum Gasteiger partial charge on any atom is -0.370 e. The van der Waals surface area contributed by atoms with Crippen molar-refractivity contribution >= 4 is 27.7 Å². The normalized spacial score (nSPS) is 16.9. The van der Waals surface area contributed by atoms with Crippen LogP contribution in [0.25, 0.3) is 0 Å². The average molecular weight is 341 g/mol. The molecule has 110 valence electrons. The highest BCUT2D eigenvalue weighted by atomic mass is 79.9. The molecule has 0 unspecified atom stereocenters. The number of carbonyl (C=O) groups is 1. The van der Waals surface area contributed by atoms with Gasteiger partial charge in [0.1, 0.15) is 5.82 Å². The van der Waals surface area contributed by atoms with Crippen LogP contribution in [0.5, 0.6) is 0 Å². The summed E-state index contributed by atoms with van der Waals surface area (Å²) in [5.74, 6) is 0.588. The van der Waals surface area contributed by atoms with Crippen LogP contribution in [0.15, 0.2) is 16.7 Å². The van der Waals surface area contributed by atoms with Crippen molar-refractivity contribution in [1.82, 2.24) is 15.2 Å². The number of piperidine rings is 1. The molecule has 1 aromatic rings. The van der Waals surface area contributed by atoms with Crippen LogP contribution in [0.3, 0.4) is 0 Å². The van der Waals surface area contributed by atoms with Gasteiger partial charge < -0.3 is 15.5 Å². The molecule has 1 aromatic heterocycles. The minimum absolute atomic E-state index is 0.0516. The highest BCUT2D eigenvalue weighted by molar-refractivity contribution is 9.10. The first-order chi connectivity index (χ1) is 9.60. The van der Waals surface area contributed by atoms with Crippen molar-refractivity contribution in [3.05, 3.63) is 22.3 Å². The number of rotatable bonds is 4. The second-order valence-corrected chi connectivity index (χ2v) is 6.05. The Balaban J connectivity index is 2.06. The monoisotopic (exact) mass is 340 g/mol. The Kier molecular flexibility index (Phi) is 5.37. The van der Waals surface area contributed by atoms with E-state index in [1.807, 2.05) is 13.0 Å². The van der Waals surface area contributed by atoms with Crippen molar-refractivity contribution in [3.8, 4) is 0 Å². The molecular formula is C14H21BrN4O. The molecular weight excluding hydrogens is 320 g/mol. The summed E-state index contributed by atoms with van der Waals surface area (Å²) in [6, 6.07) is 2.07. The maximum absolute atomic E-state index is 12.4. The lowest BCUT2D eigenvalue weighted by Crippen LogP contribution is -2.43. The van der Waals surface area contributed by atoms with E-state index in [-0.39, 0.29) is 11.9 Å². The molecule has 1 aliphatic rings. The summed E-state index contributed by atoms with van der Waals surface area (Å²) in [5, 5.41) is 6.24. The molecule has 20 heavy (non-hydrogen) atoms. The Labute approximate surface area is 128 Å². The Morgan fingerprint density at radius 1 is 1.50 bits per heavy atom. The lowest BCUT2D eigenvalue weighted by Gasteiger charge is -2.29. The zero-order chi connectivity index (χ0) is 14.5. The quantitative estimate of drug-likeness (QED) is 0.881. The molecule has 0 saturated carbocycles. The number of aromatic nitrogens is 1. The number of anilines is 1. The topological polar surface area (TPSA) is 57.3 Å². The van der Waals surface area contributed by atoms with Crippen molar-refractivity contribution in [3.63, 3.8) is 0 Å². The van der Waals surface area contributed by atoms with Gasteiger partial charge in [-0.1, -0.05) is 0 Å². The van der Waals surface area contributed by atoms with Crippen LogP contribution in [-0.2, 0) is 0 Å². The molecule has 1 amide bonds. The van der Waals surface area contributed by atoms with Gasteiger partial charge in [-0.15, -0.1) is 0 Å². The zero-order valence-electron chi connectivity index (χ0n) is 11.9. The maximum atomic E-state index is 12.4. The number of hydrogen-bond donors (Lipinski definition) is 2. The van der Waals surface area contributed by atoms with Gasteiger partial charge in [-0.05, 0) is 61.9 Å². The van der Waals surface area contributed by atoms with Crippen molar-refractivity contribution in [1.29, 1.82) is 0 Å². The summed E-state index contributed by atoms with van der Waals surface area (Å²) in [7, 11) is 2.11. The summed E-state index contributed by atoms with van der Waals surface area (Å²) in [4.78, 5) is 19.0. The molecule has 2 heterocycles. The van der Waals surface area contributed by atoms with E-state index in [9.17, 15) is 4.79 Å². The van der Waals surface area contributed by atoms with E-state index in [0.717, 1.165) is 36.9 Å². The van der Waals surface area contributed by atoms with Crippen molar-refractivity contribution in [2.45, 2.75) is 25.8 Å². The first kappa shape index (κ1) is 15.3. The molecule has 0 spiro atoms. The summed E-state index contributed by atoms with van der Waals surface area (Å²) in [6.45, 7) is 4.79. The Morgan fingerprint density at radius 2 is 2.20 bits per heavy atom. The van der Waals surface area contributed by atoms with E-state index in [0.29, 0.717) is 11.4 Å². The predicted octanol–water partition coefficient (Wildman–Crippen LogP) is 2.10. The molecule has 0 radical (unpaired) electrons. The zero-order valence-corrected chi connectivity index (χ0v) is 13.5. The Bertz CT molecular complexity index is 472. The first-order valence-electron chi connectivity index (χ1n) is 6.99. The SMILES string of the molecule is CCNc1ncc(Br)cc1C(=O)NC1CCN(C)CC1. The number of pyridine rings is 1. The van der Waals surface area contributed by atoms with Crippen LogP contribution in [-0.4, -0.2) is 48.5 Å². The fourth-order valence-electron chi connectivity index (χ4n) is 2.34. The van der Waals surface area contributed by atoms with Gasteiger partial charge in [0.2, 0.25) is 0 Å². The molecule has 2 N–H and O–H groups in total.